The van der Waals surface area contributed by atoms with E-state index in [0.29, 0.717) is 28.1 Å². The Morgan fingerprint density at radius 2 is 1.95 bits per heavy atom. The van der Waals surface area contributed by atoms with Crippen LogP contribution in [0.3, 0.4) is 0 Å². The van der Waals surface area contributed by atoms with Crippen molar-refractivity contribution in [3.63, 3.8) is 0 Å². The molecule has 0 unspecified atom stereocenters. The Balaban J connectivity index is 1.90. The van der Waals surface area contributed by atoms with E-state index < -0.39 is 0 Å². The van der Waals surface area contributed by atoms with Crippen LogP contribution in [0.25, 0.3) is 10.9 Å². The second-order valence-electron chi connectivity index (χ2n) is 4.58. The van der Waals surface area contributed by atoms with Gasteiger partial charge in [-0.05, 0) is 36.4 Å². The number of aromatic nitrogens is 1. The molecule has 2 N–H and O–H groups in total. The summed E-state index contributed by atoms with van der Waals surface area (Å²) < 4.78 is 5.84. The summed E-state index contributed by atoms with van der Waals surface area (Å²) in [6.45, 7) is 0.339. The molecule has 1 heterocycles. The van der Waals surface area contributed by atoms with E-state index in [4.69, 9.17) is 33.7 Å². The van der Waals surface area contributed by atoms with Crippen LogP contribution in [0.5, 0.6) is 5.75 Å². The van der Waals surface area contributed by atoms with E-state index in [2.05, 4.69) is 4.98 Å². The molecule has 0 bridgehead atoms. The van der Waals surface area contributed by atoms with Gasteiger partial charge in [0.1, 0.15) is 17.9 Å². The predicted molar refractivity (Wildman–Crippen MR) is 86.9 cm³/mol. The smallest absolute Gasteiger partial charge is 0.146 e. The molecule has 21 heavy (non-hydrogen) atoms. The number of nitrogen functional groups attached to an aromatic ring is 1. The maximum absolute atomic E-state index is 6.14. The quantitative estimate of drug-likeness (QED) is 0.712. The van der Waals surface area contributed by atoms with Crippen LogP contribution in [0.2, 0.25) is 10.0 Å². The maximum Gasteiger partial charge on any atom is 0.146 e. The summed E-state index contributed by atoms with van der Waals surface area (Å²) in [5.74, 6) is 0.672. The van der Waals surface area contributed by atoms with Crippen LogP contribution in [-0.2, 0) is 6.61 Å². The van der Waals surface area contributed by atoms with Gasteiger partial charge in [-0.1, -0.05) is 29.3 Å². The first-order chi connectivity index (χ1) is 10.1. The topological polar surface area (TPSA) is 48.1 Å². The van der Waals surface area contributed by atoms with Gasteiger partial charge >= 0.3 is 0 Å². The number of pyridine rings is 1. The number of nitrogens with two attached hydrogens (primary N) is 1. The molecule has 0 radical (unpaired) electrons. The third-order valence-electron chi connectivity index (χ3n) is 3.16. The average Bonchev–Trinajstić information content (AvgIpc) is 2.48. The largest absolute Gasteiger partial charge is 0.487 e. The predicted octanol–water partition coefficient (Wildman–Crippen LogP) is 4.70. The minimum absolute atomic E-state index is 0.339. The zero-order chi connectivity index (χ0) is 14.8. The first-order valence-corrected chi connectivity index (χ1v) is 7.10. The van der Waals surface area contributed by atoms with Crippen molar-refractivity contribution in [3.05, 3.63) is 64.3 Å². The molecule has 2 aromatic carbocycles. The van der Waals surface area contributed by atoms with Crippen molar-refractivity contribution in [2.45, 2.75) is 6.61 Å². The van der Waals surface area contributed by atoms with Gasteiger partial charge in [0.2, 0.25) is 0 Å². The zero-order valence-electron chi connectivity index (χ0n) is 11.0. The fraction of sp³-hybridized carbons (Fsp3) is 0.0625. The van der Waals surface area contributed by atoms with E-state index in [0.717, 1.165) is 16.5 Å². The van der Waals surface area contributed by atoms with Crippen molar-refractivity contribution in [3.8, 4) is 5.75 Å². The van der Waals surface area contributed by atoms with Crippen molar-refractivity contribution in [2.24, 2.45) is 0 Å². The van der Waals surface area contributed by atoms with Crippen LogP contribution < -0.4 is 10.5 Å². The minimum atomic E-state index is 0.339. The highest BCUT2D eigenvalue weighted by atomic mass is 35.5. The summed E-state index contributed by atoms with van der Waals surface area (Å²) in [7, 11) is 0. The lowest BCUT2D eigenvalue weighted by Gasteiger charge is -2.11. The molecule has 1 aromatic heterocycles. The Kier molecular flexibility index (Phi) is 3.86. The Morgan fingerprint density at radius 1 is 1.10 bits per heavy atom. The molecule has 3 rings (SSSR count). The summed E-state index contributed by atoms with van der Waals surface area (Å²) >= 11 is 12.0. The van der Waals surface area contributed by atoms with Crippen molar-refractivity contribution in [1.29, 1.82) is 0 Å². The second-order valence-corrected chi connectivity index (χ2v) is 5.42. The normalized spacial score (nSPS) is 10.8. The van der Waals surface area contributed by atoms with Crippen LogP contribution in [0.15, 0.2) is 48.7 Å². The molecular weight excluding hydrogens is 307 g/mol. The van der Waals surface area contributed by atoms with E-state index in [1.807, 2.05) is 30.3 Å². The van der Waals surface area contributed by atoms with Gasteiger partial charge in [-0.25, -0.2) is 0 Å². The van der Waals surface area contributed by atoms with Crippen molar-refractivity contribution >= 4 is 39.8 Å². The van der Waals surface area contributed by atoms with Gasteiger partial charge < -0.3 is 10.5 Å². The van der Waals surface area contributed by atoms with Crippen molar-refractivity contribution in [1.82, 2.24) is 4.98 Å². The lowest BCUT2D eigenvalue weighted by molar-refractivity contribution is 0.309. The van der Waals surface area contributed by atoms with Gasteiger partial charge in [-0.15, -0.1) is 0 Å². The molecule has 3 aromatic rings. The number of ether oxygens (including phenoxy) is 1. The highest BCUT2D eigenvalue weighted by molar-refractivity contribution is 6.35. The van der Waals surface area contributed by atoms with E-state index in [-0.39, 0.29) is 0 Å². The van der Waals surface area contributed by atoms with Crippen molar-refractivity contribution < 1.29 is 4.74 Å². The van der Waals surface area contributed by atoms with E-state index in [9.17, 15) is 0 Å². The van der Waals surface area contributed by atoms with Gasteiger partial charge in [-0.3, -0.25) is 4.98 Å². The molecule has 0 saturated carbocycles. The van der Waals surface area contributed by atoms with Gasteiger partial charge in [0.05, 0.1) is 0 Å². The van der Waals surface area contributed by atoms with E-state index in [1.165, 1.54) is 0 Å². The van der Waals surface area contributed by atoms with Gasteiger partial charge in [0.15, 0.2) is 0 Å². The standard InChI is InChI=1S/C16H12Cl2N2O/c17-11-4-3-10(13(18)8-11)9-21-15-6-5-14(19)12-2-1-7-20-16(12)15/h1-8H,9,19H2. The van der Waals surface area contributed by atoms with Gasteiger partial charge in [-0.2, -0.15) is 0 Å². The molecule has 0 aliphatic heterocycles. The summed E-state index contributed by atoms with van der Waals surface area (Å²) in [4.78, 5) is 4.33. The molecule has 106 valence electrons. The SMILES string of the molecule is Nc1ccc(OCc2ccc(Cl)cc2Cl)c2ncccc12. The summed E-state index contributed by atoms with van der Waals surface area (Å²) in [6, 6.07) is 12.7. The lowest BCUT2D eigenvalue weighted by Crippen LogP contribution is -1.98. The van der Waals surface area contributed by atoms with Crippen LogP contribution >= 0.6 is 23.2 Å². The van der Waals surface area contributed by atoms with Crippen molar-refractivity contribution in [2.75, 3.05) is 5.73 Å². The highest BCUT2D eigenvalue weighted by Gasteiger charge is 2.08. The Morgan fingerprint density at radius 3 is 2.76 bits per heavy atom. The summed E-state index contributed by atoms with van der Waals surface area (Å²) in [5, 5.41) is 2.05. The van der Waals surface area contributed by atoms with Crippen LogP contribution in [0.4, 0.5) is 5.69 Å². The molecule has 0 amide bonds. The lowest BCUT2D eigenvalue weighted by atomic mass is 10.1. The third-order valence-corrected chi connectivity index (χ3v) is 3.75. The molecule has 5 heteroatoms. The molecular formula is C16H12Cl2N2O. The fourth-order valence-corrected chi connectivity index (χ4v) is 2.54. The first kappa shape index (κ1) is 14.0. The van der Waals surface area contributed by atoms with Crippen LogP contribution in [0.1, 0.15) is 5.56 Å². The van der Waals surface area contributed by atoms with E-state index >= 15 is 0 Å². The second kappa shape index (κ2) is 5.80. The average molecular weight is 319 g/mol. The minimum Gasteiger partial charge on any atom is -0.487 e. The summed E-state index contributed by atoms with van der Waals surface area (Å²) in [6.07, 6.45) is 1.71. The van der Waals surface area contributed by atoms with Gasteiger partial charge in [0, 0.05) is 32.9 Å². The molecule has 0 atom stereocenters. The number of benzene rings is 2. The first-order valence-electron chi connectivity index (χ1n) is 6.35. The molecule has 0 aliphatic rings. The number of anilines is 1. The molecule has 0 saturated heterocycles. The highest BCUT2D eigenvalue weighted by Crippen LogP contribution is 2.29. The number of nitrogens with zero attached hydrogens (tertiary/aromatic N) is 1. The molecule has 3 nitrogen and oxygen atoms in total. The molecule has 0 fully saturated rings. The number of hydrogen-bond donors (Lipinski definition) is 1. The Labute approximate surface area is 132 Å². The number of hydrogen-bond acceptors (Lipinski definition) is 3. The fourth-order valence-electron chi connectivity index (χ4n) is 2.08. The van der Waals surface area contributed by atoms with Crippen LogP contribution in [-0.4, -0.2) is 4.98 Å². The number of halogens is 2. The van der Waals surface area contributed by atoms with Gasteiger partial charge in [0.25, 0.3) is 0 Å². The molecule has 0 aliphatic carbocycles. The monoisotopic (exact) mass is 318 g/mol. The Hall–Kier alpha value is -1.97. The summed E-state index contributed by atoms with van der Waals surface area (Å²) in [5.41, 5.74) is 8.22. The Bertz CT molecular complexity index is 805. The number of fused-ring (bicyclic) bond motifs is 1. The third kappa shape index (κ3) is 2.89. The molecule has 0 spiro atoms. The van der Waals surface area contributed by atoms with Crippen LogP contribution in [0, 0.1) is 0 Å². The zero-order valence-corrected chi connectivity index (χ0v) is 12.5. The van der Waals surface area contributed by atoms with E-state index in [1.54, 1.807) is 18.3 Å². The maximum atomic E-state index is 6.14. The number of rotatable bonds is 3.